The lowest BCUT2D eigenvalue weighted by molar-refractivity contribution is 0.179. The number of aryl methyl sites for hydroxylation is 1. The molecule has 0 aliphatic carbocycles. The van der Waals surface area contributed by atoms with Crippen molar-refractivity contribution in [1.82, 2.24) is 0 Å². The lowest BCUT2D eigenvalue weighted by Gasteiger charge is -2.24. The molecule has 0 radical (unpaired) electrons. The molecule has 2 N–H and O–H groups in total. The fourth-order valence-electron chi connectivity index (χ4n) is 2.17. The van der Waals surface area contributed by atoms with Gasteiger partial charge in [-0.1, -0.05) is 55.5 Å². The average Bonchev–Trinajstić information content (AvgIpc) is 2.45. The molecule has 0 saturated heterocycles. The molecule has 2 rings (SSSR count). The molecule has 2 heteroatoms. The van der Waals surface area contributed by atoms with Crippen LogP contribution in [-0.2, 0) is 6.42 Å². The molecule has 0 saturated carbocycles. The highest BCUT2D eigenvalue weighted by atomic mass is 16.5. The van der Waals surface area contributed by atoms with E-state index in [-0.39, 0.29) is 12.1 Å². The minimum absolute atomic E-state index is 0.0627. The number of benzene rings is 2. The van der Waals surface area contributed by atoms with Crippen LogP contribution in [0.25, 0.3) is 0 Å². The van der Waals surface area contributed by atoms with Crippen LogP contribution in [-0.4, -0.2) is 6.04 Å². The normalized spacial score (nSPS) is 13.8. The van der Waals surface area contributed by atoms with Crippen molar-refractivity contribution >= 4 is 0 Å². The summed E-state index contributed by atoms with van der Waals surface area (Å²) in [6, 6.07) is 18.2. The van der Waals surface area contributed by atoms with Gasteiger partial charge in [-0.25, -0.2) is 0 Å². The molecular weight excluding hydrogens is 234 g/mol. The van der Waals surface area contributed by atoms with Crippen molar-refractivity contribution in [1.29, 1.82) is 0 Å². The third-order valence-corrected chi connectivity index (χ3v) is 3.21. The lowest BCUT2D eigenvalue weighted by atomic mass is 10.0. The molecular formula is C17H21NO. The van der Waals surface area contributed by atoms with Gasteiger partial charge in [0.1, 0.15) is 11.9 Å². The Kier molecular flexibility index (Phi) is 4.58. The van der Waals surface area contributed by atoms with Gasteiger partial charge in [0.05, 0.1) is 0 Å². The first-order valence-corrected chi connectivity index (χ1v) is 6.77. The maximum atomic E-state index is 6.16. The van der Waals surface area contributed by atoms with Gasteiger partial charge in [-0.3, -0.25) is 0 Å². The highest BCUT2D eigenvalue weighted by Gasteiger charge is 2.18. The van der Waals surface area contributed by atoms with Gasteiger partial charge in [0.15, 0.2) is 0 Å². The van der Waals surface area contributed by atoms with E-state index in [9.17, 15) is 0 Å². The first-order chi connectivity index (χ1) is 9.22. The van der Waals surface area contributed by atoms with Crippen molar-refractivity contribution in [2.45, 2.75) is 32.4 Å². The summed E-state index contributed by atoms with van der Waals surface area (Å²) in [5.74, 6) is 0.927. The molecule has 2 aromatic rings. The number of hydrogen-bond donors (Lipinski definition) is 1. The van der Waals surface area contributed by atoms with E-state index >= 15 is 0 Å². The van der Waals surface area contributed by atoms with Crippen LogP contribution in [0.2, 0.25) is 0 Å². The summed E-state index contributed by atoms with van der Waals surface area (Å²) < 4.78 is 6.16. The molecule has 100 valence electrons. The molecule has 2 nitrogen and oxygen atoms in total. The first-order valence-electron chi connectivity index (χ1n) is 6.77. The van der Waals surface area contributed by atoms with E-state index in [1.54, 1.807) is 0 Å². The topological polar surface area (TPSA) is 35.2 Å². The van der Waals surface area contributed by atoms with E-state index in [2.05, 4.69) is 25.1 Å². The zero-order valence-corrected chi connectivity index (χ0v) is 11.5. The second-order valence-electron chi connectivity index (χ2n) is 4.77. The highest BCUT2D eigenvalue weighted by molar-refractivity contribution is 5.34. The quantitative estimate of drug-likeness (QED) is 0.883. The minimum Gasteiger partial charge on any atom is -0.484 e. The number of para-hydroxylation sites is 1. The molecule has 0 amide bonds. The molecule has 0 spiro atoms. The third-order valence-electron chi connectivity index (χ3n) is 3.21. The first kappa shape index (κ1) is 13.6. The summed E-state index contributed by atoms with van der Waals surface area (Å²) in [4.78, 5) is 0. The van der Waals surface area contributed by atoms with Gasteiger partial charge in [-0.2, -0.15) is 0 Å². The smallest absolute Gasteiger partial charge is 0.138 e. The van der Waals surface area contributed by atoms with Crippen LogP contribution in [0.5, 0.6) is 5.75 Å². The van der Waals surface area contributed by atoms with Gasteiger partial charge in [0, 0.05) is 6.04 Å². The summed E-state index contributed by atoms with van der Waals surface area (Å²) in [6.07, 6.45) is 0.838. The standard InChI is InChI=1S/C17H21NO/c1-3-14-9-7-8-12-16(14)19-17(13(2)18)15-10-5-4-6-11-15/h4-13,17H,3,18H2,1-2H3. The van der Waals surface area contributed by atoms with Crippen molar-refractivity contribution in [2.24, 2.45) is 5.73 Å². The summed E-state index contributed by atoms with van der Waals surface area (Å²) in [5, 5.41) is 0. The Morgan fingerprint density at radius 3 is 2.26 bits per heavy atom. The SMILES string of the molecule is CCc1ccccc1OC(c1ccccc1)C(C)N. The Morgan fingerprint density at radius 2 is 1.63 bits per heavy atom. The van der Waals surface area contributed by atoms with E-state index < -0.39 is 0 Å². The summed E-state index contributed by atoms with van der Waals surface area (Å²) in [5.41, 5.74) is 8.41. The van der Waals surface area contributed by atoms with Crippen LogP contribution in [0, 0.1) is 0 Å². The molecule has 2 aromatic carbocycles. The van der Waals surface area contributed by atoms with E-state index in [4.69, 9.17) is 10.5 Å². The van der Waals surface area contributed by atoms with Crippen LogP contribution < -0.4 is 10.5 Å². The molecule has 0 heterocycles. The number of nitrogens with two attached hydrogens (primary N) is 1. The van der Waals surface area contributed by atoms with Gasteiger partial charge in [0.25, 0.3) is 0 Å². The molecule has 0 aromatic heterocycles. The van der Waals surface area contributed by atoms with Crippen molar-refractivity contribution in [3.05, 3.63) is 65.7 Å². The van der Waals surface area contributed by atoms with Crippen molar-refractivity contribution in [3.8, 4) is 5.75 Å². The zero-order chi connectivity index (χ0) is 13.7. The minimum atomic E-state index is -0.117. The van der Waals surface area contributed by atoms with E-state index in [1.165, 1.54) is 5.56 Å². The van der Waals surface area contributed by atoms with Crippen molar-refractivity contribution in [2.75, 3.05) is 0 Å². The summed E-state index contributed by atoms with van der Waals surface area (Å²) in [6.45, 7) is 4.11. The highest BCUT2D eigenvalue weighted by Crippen LogP contribution is 2.27. The van der Waals surface area contributed by atoms with Crippen molar-refractivity contribution in [3.63, 3.8) is 0 Å². The second kappa shape index (κ2) is 6.39. The molecule has 0 bridgehead atoms. The Morgan fingerprint density at radius 1 is 1.00 bits per heavy atom. The third kappa shape index (κ3) is 3.36. The van der Waals surface area contributed by atoms with Crippen LogP contribution in [0.3, 0.4) is 0 Å². The van der Waals surface area contributed by atoms with E-state index in [1.807, 2.05) is 43.3 Å². The number of hydrogen-bond acceptors (Lipinski definition) is 2. The predicted octanol–water partition coefficient (Wildman–Crippen LogP) is 3.72. The van der Waals surface area contributed by atoms with Gasteiger partial charge in [0.2, 0.25) is 0 Å². The molecule has 0 aliphatic heterocycles. The fraction of sp³-hybridized carbons (Fsp3) is 0.294. The van der Waals surface area contributed by atoms with Gasteiger partial charge in [-0.05, 0) is 30.5 Å². The predicted molar refractivity (Wildman–Crippen MR) is 79.3 cm³/mol. The molecule has 0 fully saturated rings. The number of ether oxygens (including phenoxy) is 1. The van der Waals surface area contributed by atoms with Gasteiger partial charge < -0.3 is 10.5 Å². The molecule has 19 heavy (non-hydrogen) atoms. The van der Waals surface area contributed by atoms with Crippen LogP contribution in [0.1, 0.15) is 31.1 Å². The maximum absolute atomic E-state index is 6.16. The molecule has 0 aliphatic rings. The van der Waals surface area contributed by atoms with Gasteiger partial charge >= 0.3 is 0 Å². The Hall–Kier alpha value is -1.80. The van der Waals surface area contributed by atoms with E-state index in [0.29, 0.717) is 0 Å². The fourth-order valence-corrected chi connectivity index (χ4v) is 2.17. The van der Waals surface area contributed by atoms with E-state index in [0.717, 1.165) is 17.7 Å². The zero-order valence-electron chi connectivity index (χ0n) is 11.5. The molecule has 2 atom stereocenters. The van der Waals surface area contributed by atoms with Crippen LogP contribution >= 0.6 is 0 Å². The molecule has 2 unspecified atom stereocenters. The lowest BCUT2D eigenvalue weighted by Crippen LogP contribution is -2.29. The second-order valence-corrected chi connectivity index (χ2v) is 4.77. The maximum Gasteiger partial charge on any atom is 0.138 e. The average molecular weight is 255 g/mol. The number of rotatable bonds is 5. The summed E-state index contributed by atoms with van der Waals surface area (Å²) >= 11 is 0. The van der Waals surface area contributed by atoms with Crippen molar-refractivity contribution < 1.29 is 4.74 Å². The summed E-state index contributed by atoms with van der Waals surface area (Å²) in [7, 11) is 0. The van der Waals surface area contributed by atoms with Crippen LogP contribution in [0.15, 0.2) is 54.6 Å². The Bertz CT molecular complexity index is 508. The van der Waals surface area contributed by atoms with Crippen LogP contribution in [0.4, 0.5) is 0 Å². The van der Waals surface area contributed by atoms with Gasteiger partial charge in [-0.15, -0.1) is 0 Å². The monoisotopic (exact) mass is 255 g/mol. The largest absolute Gasteiger partial charge is 0.484 e. The Balaban J connectivity index is 2.27. The Labute approximate surface area is 115 Å².